The maximum atomic E-state index is 10.8. The van der Waals surface area contributed by atoms with Crippen molar-refractivity contribution in [2.75, 3.05) is 13.7 Å². The number of halogens is 1. The van der Waals surface area contributed by atoms with E-state index in [2.05, 4.69) is 5.32 Å². The van der Waals surface area contributed by atoms with Crippen LogP contribution in [-0.2, 0) is 4.74 Å². The summed E-state index contributed by atoms with van der Waals surface area (Å²) in [6.45, 7) is 0.298. The molecule has 2 rings (SSSR count). The Morgan fingerprint density at radius 1 is 1.56 bits per heavy atom. The van der Waals surface area contributed by atoms with Gasteiger partial charge >= 0.3 is 6.09 Å². The van der Waals surface area contributed by atoms with Gasteiger partial charge in [0.2, 0.25) is 0 Å². The molecule has 0 saturated carbocycles. The fraction of sp³-hybridized carbons (Fsp3) is 0.300. The standard InChI is InChI=1S/C10H11NO4.ClH/c1-14-9-4-6(2-3-8(9)12)7-5-15-10(13)11-7;/h2-4,7,12H,5H2,1H3,(H,11,13);1H/t7-;/m1./s1. The summed E-state index contributed by atoms with van der Waals surface area (Å²) in [5.74, 6) is 0.458. The number of amides is 1. The molecule has 0 spiro atoms. The zero-order valence-electron chi connectivity index (χ0n) is 8.60. The molecule has 0 aromatic heterocycles. The van der Waals surface area contributed by atoms with E-state index in [0.717, 1.165) is 5.56 Å². The van der Waals surface area contributed by atoms with Crippen molar-refractivity contribution >= 4 is 18.5 Å². The number of ether oxygens (including phenoxy) is 2. The van der Waals surface area contributed by atoms with Gasteiger partial charge in [-0.1, -0.05) is 6.07 Å². The van der Waals surface area contributed by atoms with Crippen LogP contribution in [0.25, 0.3) is 0 Å². The molecule has 0 radical (unpaired) electrons. The van der Waals surface area contributed by atoms with Crippen LogP contribution in [0, 0.1) is 0 Å². The van der Waals surface area contributed by atoms with Gasteiger partial charge in [-0.2, -0.15) is 0 Å². The molecule has 2 N–H and O–H groups in total. The molecule has 0 aliphatic carbocycles. The van der Waals surface area contributed by atoms with Gasteiger partial charge in [0, 0.05) is 0 Å². The van der Waals surface area contributed by atoms with E-state index in [0.29, 0.717) is 12.4 Å². The molecule has 1 aliphatic heterocycles. The predicted molar refractivity (Wildman–Crippen MR) is 59.1 cm³/mol. The second-order valence-corrected chi connectivity index (χ2v) is 3.23. The van der Waals surface area contributed by atoms with E-state index in [-0.39, 0.29) is 24.2 Å². The third-order valence-corrected chi connectivity index (χ3v) is 2.28. The number of rotatable bonds is 2. The number of carbonyl (C=O) groups excluding carboxylic acids is 1. The molecule has 1 heterocycles. The van der Waals surface area contributed by atoms with Crippen LogP contribution in [0.5, 0.6) is 11.5 Å². The van der Waals surface area contributed by atoms with Crippen molar-refractivity contribution in [2.45, 2.75) is 6.04 Å². The third-order valence-electron chi connectivity index (χ3n) is 2.28. The quantitative estimate of drug-likeness (QED) is 0.831. The lowest BCUT2D eigenvalue weighted by Crippen LogP contribution is -2.18. The normalized spacial score (nSPS) is 18.3. The van der Waals surface area contributed by atoms with Crippen molar-refractivity contribution in [1.29, 1.82) is 0 Å². The minimum Gasteiger partial charge on any atom is -0.504 e. The lowest BCUT2D eigenvalue weighted by atomic mass is 10.1. The monoisotopic (exact) mass is 245 g/mol. The first kappa shape index (κ1) is 12.4. The molecular weight excluding hydrogens is 234 g/mol. The molecule has 6 heteroatoms. The van der Waals surface area contributed by atoms with Crippen LogP contribution in [0.3, 0.4) is 0 Å². The SMILES string of the molecule is COc1cc([C@H]2COC(=O)N2)ccc1O.Cl. The van der Waals surface area contributed by atoms with E-state index < -0.39 is 6.09 Å². The first-order valence-electron chi connectivity index (χ1n) is 4.51. The van der Waals surface area contributed by atoms with Crippen LogP contribution >= 0.6 is 12.4 Å². The average Bonchev–Trinajstić information content (AvgIpc) is 2.66. The van der Waals surface area contributed by atoms with E-state index >= 15 is 0 Å². The minimum atomic E-state index is -0.424. The molecule has 1 aromatic rings. The third kappa shape index (κ3) is 2.30. The van der Waals surface area contributed by atoms with E-state index in [1.54, 1.807) is 12.1 Å². The van der Waals surface area contributed by atoms with Crippen molar-refractivity contribution < 1.29 is 19.4 Å². The fourth-order valence-corrected chi connectivity index (χ4v) is 1.48. The highest BCUT2D eigenvalue weighted by Gasteiger charge is 2.24. The molecular formula is C10H12ClNO4. The van der Waals surface area contributed by atoms with Crippen LogP contribution in [0.2, 0.25) is 0 Å². The second-order valence-electron chi connectivity index (χ2n) is 3.23. The molecule has 1 fully saturated rings. The van der Waals surface area contributed by atoms with Gasteiger partial charge < -0.3 is 19.9 Å². The predicted octanol–water partition coefficient (Wildman–Crippen LogP) is 1.60. The number of cyclic esters (lactones) is 1. The molecule has 1 atom stereocenters. The molecule has 1 aliphatic rings. The molecule has 0 unspecified atom stereocenters. The van der Waals surface area contributed by atoms with Gasteiger partial charge in [0.05, 0.1) is 13.2 Å². The Labute approximate surface area is 98.8 Å². The number of methoxy groups -OCH3 is 1. The first-order chi connectivity index (χ1) is 7.20. The van der Waals surface area contributed by atoms with Crippen molar-refractivity contribution in [3.8, 4) is 11.5 Å². The Morgan fingerprint density at radius 2 is 2.31 bits per heavy atom. The van der Waals surface area contributed by atoms with Gasteiger partial charge in [0.25, 0.3) is 0 Å². The topological polar surface area (TPSA) is 67.8 Å². The molecule has 16 heavy (non-hydrogen) atoms. The number of phenols is 1. The number of benzene rings is 1. The van der Waals surface area contributed by atoms with Crippen LogP contribution in [0.15, 0.2) is 18.2 Å². The van der Waals surface area contributed by atoms with E-state index in [9.17, 15) is 9.90 Å². The van der Waals surface area contributed by atoms with Crippen LogP contribution in [-0.4, -0.2) is 24.9 Å². The molecule has 0 bridgehead atoms. The average molecular weight is 246 g/mol. The maximum Gasteiger partial charge on any atom is 0.407 e. The number of phenolic OH excluding ortho intramolecular Hbond substituents is 1. The van der Waals surface area contributed by atoms with Crippen molar-refractivity contribution in [2.24, 2.45) is 0 Å². The van der Waals surface area contributed by atoms with Crippen LogP contribution in [0.4, 0.5) is 4.79 Å². The van der Waals surface area contributed by atoms with Gasteiger partial charge in [-0.15, -0.1) is 12.4 Å². The maximum absolute atomic E-state index is 10.8. The summed E-state index contributed by atoms with van der Waals surface area (Å²) in [6.07, 6.45) is -0.424. The number of hydrogen-bond donors (Lipinski definition) is 2. The van der Waals surface area contributed by atoms with Crippen molar-refractivity contribution in [1.82, 2.24) is 5.32 Å². The first-order valence-corrected chi connectivity index (χ1v) is 4.51. The van der Waals surface area contributed by atoms with E-state index in [4.69, 9.17) is 9.47 Å². The number of nitrogens with one attached hydrogen (secondary N) is 1. The van der Waals surface area contributed by atoms with Gasteiger partial charge in [-0.25, -0.2) is 4.79 Å². The zero-order chi connectivity index (χ0) is 10.8. The Kier molecular flexibility index (Phi) is 3.84. The summed E-state index contributed by atoms with van der Waals surface area (Å²) in [4.78, 5) is 10.8. The van der Waals surface area contributed by atoms with Crippen LogP contribution in [0.1, 0.15) is 11.6 Å². The van der Waals surface area contributed by atoms with E-state index in [1.807, 2.05) is 0 Å². The zero-order valence-corrected chi connectivity index (χ0v) is 9.41. The van der Waals surface area contributed by atoms with Gasteiger partial charge in [-0.05, 0) is 17.7 Å². The number of alkyl carbamates (subject to hydrolysis) is 1. The fourth-order valence-electron chi connectivity index (χ4n) is 1.48. The molecule has 1 saturated heterocycles. The molecule has 1 aromatic carbocycles. The highest BCUT2D eigenvalue weighted by Crippen LogP contribution is 2.29. The lowest BCUT2D eigenvalue weighted by Gasteiger charge is -2.10. The second kappa shape index (κ2) is 4.94. The number of carbonyl (C=O) groups is 1. The molecule has 1 amide bonds. The number of hydrogen-bond acceptors (Lipinski definition) is 4. The minimum absolute atomic E-state index is 0. The van der Waals surface area contributed by atoms with Crippen molar-refractivity contribution in [3.05, 3.63) is 23.8 Å². The Balaban J connectivity index is 0.00000128. The summed E-state index contributed by atoms with van der Waals surface area (Å²) in [6, 6.07) is 4.75. The summed E-state index contributed by atoms with van der Waals surface area (Å²) < 4.78 is 9.74. The largest absolute Gasteiger partial charge is 0.504 e. The summed E-state index contributed by atoms with van der Waals surface area (Å²) >= 11 is 0. The smallest absolute Gasteiger partial charge is 0.407 e. The summed E-state index contributed by atoms with van der Waals surface area (Å²) in [5.41, 5.74) is 0.843. The summed E-state index contributed by atoms with van der Waals surface area (Å²) in [7, 11) is 1.47. The van der Waals surface area contributed by atoms with Gasteiger partial charge in [0.15, 0.2) is 11.5 Å². The Bertz CT molecular complexity index is 396. The highest BCUT2D eigenvalue weighted by molar-refractivity contribution is 5.85. The molecule has 5 nitrogen and oxygen atoms in total. The molecule has 88 valence electrons. The Hall–Kier alpha value is -1.62. The van der Waals surface area contributed by atoms with Crippen LogP contribution < -0.4 is 10.1 Å². The highest BCUT2D eigenvalue weighted by atomic mass is 35.5. The lowest BCUT2D eigenvalue weighted by molar-refractivity contribution is 0.177. The number of aromatic hydroxyl groups is 1. The van der Waals surface area contributed by atoms with E-state index in [1.165, 1.54) is 13.2 Å². The summed E-state index contributed by atoms with van der Waals surface area (Å²) in [5, 5.41) is 12.0. The van der Waals surface area contributed by atoms with Gasteiger partial charge in [0.1, 0.15) is 6.61 Å². The van der Waals surface area contributed by atoms with Gasteiger partial charge in [-0.3, -0.25) is 0 Å². The Morgan fingerprint density at radius 3 is 2.88 bits per heavy atom. The van der Waals surface area contributed by atoms with Crippen molar-refractivity contribution in [3.63, 3.8) is 0 Å².